The summed E-state index contributed by atoms with van der Waals surface area (Å²) in [7, 11) is 0. The Labute approximate surface area is 143 Å². The number of rotatable bonds is 8. The number of unbranched alkanes of at least 4 members (excludes halogenated alkanes) is 1. The number of benzene rings is 1. The zero-order valence-electron chi connectivity index (χ0n) is 14.5. The molecule has 132 valence electrons. The Morgan fingerprint density at radius 1 is 1.33 bits per heavy atom. The van der Waals surface area contributed by atoms with Crippen molar-refractivity contribution in [3.8, 4) is 0 Å². The van der Waals surface area contributed by atoms with Crippen LogP contribution in [-0.2, 0) is 16.0 Å². The van der Waals surface area contributed by atoms with Crippen LogP contribution in [0.4, 0.5) is 11.4 Å². The maximum absolute atomic E-state index is 12.2. The van der Waals surface area contributed by atoms with Crippen LogP contribution in [-0.4, -0.2) is 54.6 Å². The summed E-state index contributed by atoms with van der Waals surface area (Å²) in [5.41, 5.74) is 2.77. The van der Waals surface area contributed by atoms with E-state index >= 15 is 0 Å². The molecule has 6 nitrogen and oxygen atoms in total. The highest BCUT2D eigenvalue weighted by molar-refractivity contribution is 5.96. The Morgan fingerprint density at radius 2 is 2.12 bits per heavy atom. The van der Waals surface area contributed by atoms with E-state index in [1.807, 2.05) is 23.1 Å². The molecule has 0 fully saturated rings. The molecule has 2 amide bonds. The number of carbonyl (C=O) groups excluding carboxylic acids is 2. The molecule has 1 aliphatic rings. The van der Waals surface area contributed by atoms with Gasteiger partial charge in [0.25, 0.3) is 0 Å². The maximum Gasteiger partial charge on any atom is 0.238 e. The fraction of sp³-hybridized carbons (Fsp3) is 0.556. The SMILES string of the molecule is CCCCN(CCO)CC(=O)Nc1ccc2c(c1)CCN2C(C)=O. The predicted molar refractivity (Wildman–Crippen MR) is 95.2 cm³/mol. The van der Waals surface area contributed by atoms with Gasteiger partial charge >= 0.3 is 0 Å². The van der Waals surface area contributed by atoms with Crippen LogP contribution in [0.2, 0.25) is 0 Å². The first-order valence-corrected chi connectivity index (χ1v) is 8.59. The van der Waals surface area contributed by atoms with E-state index in [-0.39, 0.29) is 25.0 Å². The Kier molecular flexibility index (Phi) is 6.75. The zero-order chi connectivity index (χ0) is 17.5. The van der Waals surface area contributed by atoms with E-state index in [4.69, 9.17) is 5.11 Å². The van der Waals surface area contributed by atoms with Crippen LogP contribution in [0.3, 0.4) is 0 Å². The molecule has 1 aliphatic heterocycles. The normalized spacial score (nSPS) is 13.2. The number of nitrogens with zero attached hydrogens (tertiary/aromatic N) is 2. The molecule has 0 aromatic heterocycles. The number of aliphatic hydroxyl groups is 1. The standard InChI is InChI=1S/C18H27N3O3/c1-3-4-8-20(10-11-22)13-18(24)19-16-5-6-17-15(12-16)7-9-21(17)14(2)23/h5-6,12,22H,3-4,7-11,13H2,1-2H3,(H,19,24). The van der Waals surface area contributed by atoms with Gasteiger partial charge in [-0.3, -0.25) is 14.5 Å². The second-order valence-corrected chi connectivity index (χ2v) is 6.17. The molecule has 24 heavy (non-hydrogen) atoms. The number of carbonyl (C=O) groups is 2. The van der Waals surface area contributed by atoms with Gasteiger partial charge in [-0.15, -0.1) is 0 Å². The number of amides is 2. The second-order valence-electron chi connectivity index (χ2n) is 6.17. The highest BCUT2D eigenvalue weighted by Gasteiger charge is 2.22. The number of aliphatic hydroxyl groups excluding tert-OH is 1. The summed E-state index contributed by atoms with van der Waals surface area (Å²) in [6.07, 6.45) is 2.87. The molecule has 0 radical (unpaired) electrons. The van der Waals surface area contributed by atoms with Gasteiger partial charge in [-0.2, -0.15) is 0 Å². The topological polar surface area (TPSA) is 72.9 Å². The van der Waals surface area contributed by atoms with Crippen LogP contribution in [0.5, 0.6) is 0 Å². The van der Waals surface area contributed by atoms with E-state index in [9.17, 15) is 9.59 Å². The first-order valence-electron chi connectivity index (χ1n) is 8.59. The molecular formula is C18H27N3O3. The van der Waals surface area contributed by atoms with Crippen LogP contribution in [0.1, 0.15) is 32.3 Å². The summed E-state index contributed by atoms with van der Waals surface area (Å²) in [4.78, 5) is 27.5. The molecular weight excluding hydrogens is 306 g/mol. The number of hydrogen-bond donors (Lipinski definition) is 2. The third-order valence-corrected chi connectivity index (χ3v) is 4.25. The Balaban J connectivity index is 1.96. The minimum Gasteiger partial charge on any atom is -0.395 e. The average molecular weight is 333 g/mol. The summed E-state index contributed by atoms with van der Waals surface area (Å²) in [6.45, 7) is 6.01. The molecule has 1 aromatic carbocycles. The average Bonchev–Trinajstić information content (AvgIpc) is 2.96. The lowest BCUT2D eigenvalue weighted by Crippen LogP contribution is -2.35. The number of fused-ring (bicyclic) bond motifs is 1. The summed E-state index contributed by atoms with van der Waals surface area (Å²) < 4.78 is 0. The molecule has 1 aromatic rings. The van der Waals surface area contributed by atoms with Gasteiger partial charge in [0.15, 0.2) is 0 Å². The Morgan fingerprint density at radius 3 is 2.79 bits per heavy atom. The first kappa shape index (κ1) is 18.4. The van der Waals surface area contributed by atoms with Gasteiger partial charge in [-0.1, -0.05) is 13.3 Å². The smallest absolute Gasteiger partial charge is 0.238 e. The minimum atomic E-state index is -0.0825. The molecule has 0 saturated heterocycles. The van der Waals surface area contributed by atoms with Crippen molar-refractivity contribution in [2.24, 2.45) is 0 Å². The molecule has 0 unspecified atom stereocenters. The van der Waals surface area contributed by atoms with Crippen molar-refractivity contribution in [3.63, 3.8) is 0 Å². The van der Waals surface area contributed by atoms with Crippen molar-refractivity contribution in [3.05, 3.63) is 23.8 Å². The molecule has 0 aliphatic carbocycles. The Bertz CT molecular complexity index is 589. The van der Waals surface area contributed by atoms with Crippen LogP contribution in [0.15, 0.2) is 18.2 Å². The number of nitrogens with one attached hydrogen (secondary N) is 1. The molecule has 2 rings (SSSR count). The molecule has 0 bridgehead atoms. The minimum absolute atomic E-state index is 0.0427. The van der Waals surface area contributed by atoms with E-state index in [1.165, 1.54) is 0 Å². The van der Waals surface area contributed by atoms with Gasteiger partial charge in [0.1, 0.15) is 0 Å². The van der Waals surface area contributed by atoms with Crippen LogP contribution in [0, 0.1) is 0 Å². The van der Waals surface area contributed by atoms with Gasteiger partial charge < -0.3 is 15.3 Å². The number of anilines is 2. The van der Waals surface area contributed by atoms with E-state index < -0.39 is 0 Å². The highest BCUT2D eigenvalue weighted by Crippen LogP contribution is 2.30. The van der Waals surface area contributed by atoms with Crippen molar-refractivity contribution in [2.45, 2.75) is 33.1 Å². The Hall–Kier alpha value is -1.92. The largest absolute Gasteiger partial charge is 0.395 e. The van der Waals surface area contributed by atoms with Gasteiger partial charge in [-0.25, -0.2) is 0 Å². The third-order valence-electron chi connectivity index (χ3n) is 4.25. The maximum atomic E-state index is 12.2. The molecule has 6 heteroatoms. The lowest BCUT2D eigenvalue weighted by atomic mass is 10.1. The van der Waals surface area contributed by atoms with Crippen LogP contribution < -0.4 is 10.2 Å². The second kappa shape index (κ2) is 8.80. The number of hydrogen-bond acceptors (Lipinski definition) is 4. The van der Waals surface area contributed by atoms with Crippen molar-refractivity contribution in [1.82, 2.24) is 4.90 Å². The summed E-state index contributed by atoms with van der Waals surface area (Å²) in [6, 6.07) is 5.67. The zero-order valence-corrected chi connectivity index (χ0v) is 14.5. The van der Waals surface area contributed by atoms with E-state index in [2.05, 4.69) is 12.2 Å². The van der Waals surface area contributed by atoms with Crippen molar-refractivity contribution in [2.75, 3.05) is 43.0 Å². The molecule has 2 N–H and O–H groups in total. The summed E-state index contributed by atoms with van der Waals surface area (Å²) >= 11 is 0. The highest BCUT2D eigenvalue weighted by atomic mass is 16.3. The lowest BCUT2D eigenvalue weighted by molar-refractivity contribution is -0.117. The fourth-order valence-electron chi connectivity index (χ4n) is 3.00. The fourth-order valence-corrected chi connectivity index (χ4v) is 3.00. The van der Waals surface area contributed by atoms with Gasteiger partial charge in [0, 0.05) is 31.4 Å². The molecule has 0 spiro atoms. The van der Waals surface area contributed by atoms with E-state index in [1.54, 1.807) is 11.8 Å². The van der Waals surface area contributed by atoms with Gasteiger partial charge in [0.05, 0.1) is 13.2 Å². The molecule has 0 atom stereocenters. The van der Waals surface area contributed by atoms with Gasteiger partial charge in [-0.05, 0) is 43.1 Å². The predicted octanol–water partition coefficient (Wildman–Crippen LogP) is 1.63. The summed E-state index contributed by atoms with van der Waals surface area (Å²) in [5, 5.41) is 12.0. The van der Waals surface area contributed by atoms with Crippen molar-refractivity contribution in [1.29, 1.82) is 0 Å². The molecule has 1 heterocycles. The summed E-state index contributed by atoms with van der Waals surface area (Å²) in [5.74, 6) is -0.0398. The third kappa shape index (κ3) is 4.79. The van der Waals surface area contributed by atoms with E-state index in [0.717, 1.165) is 42.7 Å². The van der Waals surface area contributed by atoms with Crippen molar-refractivity contribution < 1.29 is 14.7 Å². The lowest BCUT2D eigenvalue weighted by Gasteiger charge is -2.20. The monoisotopic (exact) mass is 333 g/mol. The van der Waals surface area contributed by atoms with E-state index in [0.29, 0.717) is 13.1 Å². The van der Waals surface area contributed by atoms with Crippen molar-refractivity contribution >= 4 is 23.2 Å². The van der Waals surface area contributed by atoms with Crippen LogP contribution in [0.25, 0.3) is 0 Å². The quantitative estimate of drug-likeness (QED) is 0.758. The van der Waals surface area contributed by atoms with Gasteiger partial charge in [0.2, 0.25) is 11.8 Å². The van der Waals surface area contributed by atoms with Crippen LogP contribution >= 0.6 is 0 Å². The molecule has 0 saturated carbocycles. The first-order chi connectivity index (χ1) is 11.5.